The van der Waals surface area contributed by atoms with Gasteiger partial charge in [-0.1, -0.05) is 67.1 Å². The summed E-state index contributed by atoms with van der Waals surface area (Å²) in [5, 5.41) is 4.35. The average Bonchev–Trinajstić information content (AvgIpc) is 2.92. The van der Waals surface area contributed by atoms with E-state index < -0.39 is 0 Å². The van der Waals surface area contributed by atoms with Crippen molar-refractivity contribution in [1.82, 2.24) is 0 Å². The van der Waals surface area contributed by atoms with Crippen molar-refractivity contribution in [1.29, 1.82) is 0 Å². The topological polar surface area (TPSA) is 12.0 Å². The third kappa shape index (κ3) is 2.81. The lowest BCUT2D eigenvalue weighted by atomic mass is 9.78. The maximum atomic E-state index is 6.16. The second-order valence-electron chi connectivity index (χ2n) is 6.85. The molecule has 1 heterocycles. The van der Waals surface area contributed by atoms with Crippen LogP contribution in [0, 0.1) is 0 Å². The van der Waals surface area contributed by atoms with Gasteiger partial charge in [-0.3, -0.25) is 0 Å². The van der Waals surface area contributed by atoms with Gasteiger partial charge in [0.25, 0.3) is 0 Å². The van der Waals surface area contributed by atoms with Crippen LogP contribution in [0.2, 0.25) is 5.02 Å². The van der Waals surface area contributed by atoms with Crippen LogP contribution in [0.5, 0.6) is 0 Å². The fourth-order valence-corrected chi connectivity index (χ4v) is 3.83. The minimum atomic E-state index is 0.102. The fourth-order valence-electron chi connectivity index (χ4n) is 3.64. The Morgan fingerprint density at radius 3 is 2.50 bits per heavy atom. The average molecular weight is 334 g/mol. The van der Waals surface area contributed by atoms with E-state index in [2.05, 4.69) is 66.8 Å². The summed E-state index contributed by atoms with van der Waals surface area (Å²) in [5.74, 6) is 0. The Bertz CT molecular complexity index is 872. The van der Waals surface area contributed by atoms with E-state index in [1.54, 1.807) is 0 Å². The molecule has 3 aromatic carbocycles. The molecule has 120 valence electrons. The zero-order chi connectivity index (χ0) is 16.6. The van der Waals surface area contributed by atoms with Crippen LogP contribution < -0.4 is 5.32 Å². The van der Waals surface area contributed by atoms with Gasteiger partial charge >= 0.3 is 0 Å². The van der Waals surface area contributed by atoms with Gasteiger partial charge in [0.05, 0.1) is 0 Å². The maximum Gasteiger partial charge on any atom is 0.0412 e. The molecule has 1 N–H and O–H groups in total. The van der Waals surface area contributed by atoms with E-state index in [-0.39, 0.29) is 5.41 Å². The van der Waals surface area contributed by atoms with Crippen molar-refractivity contribution < 1.29 is 0 Å². The lowest BCUT2D eigenvalue weighted by molar-refractivity contribution is 0.520. The molecule has 4 rings (SSSR count). The van der Waals surface area contributed by atoms with Gasteiger partial charge in [0, 0.05) is 22.7 Å². The third-order valence-corrected chi connectivity index (χ3v) is 5.17. The normalized spacial score (nSPS) is 18.9. The summed E-state index contributed by atoms with van der Waals surface area (Å²) in [7, 11) is 0. The molecule has 0 aliphatic carbocycles. The highest BCUT2D eigenvalue weighted by Crippen LogP contribution is 2.41. The van der Waals surface area contributed by atoms with Crippen LogP contribution in [0.25, 0.3) is 11.1 Å². The summed E-state index contributed by atoms with van der Waals surface area (Å²) in [4.78, 5) is 0. The SMILES string of the molecule is CC1(Cc2ccccc2)CNc2ccc(-c3cccc(Cl)c3)cc21. The van der Waals surface area contributed by atoms with Gasteiger partial charge in [0.15, 0.2) is 0 Å². The van der Waals surface area contributed by atoms with Gasteiger partial charge in [-0.05, 0) is 52.9 Å². The van der Waals surface area contributed by atoms with Crippen molar-refractivity contribution in [2.24, 2.45) is 0 Å². The van der Waals surface area contributed by atoms with E-state index in [1.165, 1.54) is 27.9 Å². The van der Waals surface area contributed by atoms with Crippen LogP contribution in [0.3, 0.4) is 0 Å². The summed E-state index contributed by atoms with van der Waals surface area (Å²) in [6.07, 6.45) is 1.03. The quantitative estimate of drug-likeness (QED) is 0.626. The van der Waals surface area contributed by atoms with E-state index in [0.29, 0.717) is 0 Å². The van der Waals surface area contributed by atoms with E-state index in [9.17, 15) is 0 Å². The first kappa shape index (κ1) is 15.3. The maximum absolute atomic E-state index is 6.16. The van der Waals surface area contributed by atoms with Crippen LogP contribution in [-0.4, -0.2) is 6.54 Å². The molecule has 1 nitrogen and oxygen atoms in total. The molecule has 1 aliphatic heterocycles. The molecule has 0 radical (unpaired) electrons. The Morgan fingerprint density at radius 2 is 1.71 bits per heavy atom. The van der Waals surface area contributed by atoms with Crippen molar-refractivity contribution in [3.05, 3.63) is 88.9 Å². The lowest BCUT2D eigenvalue weighted by Gasteiger charge is -2.25. The van der Waals surface area contributed by atoms with E-state index >= 15 is 0 Å². The summed E-state index contributed by atoms with van der Waals surface area (Å²) < 4.78 is 0. The second-order valence-corrected chi connectivity index (χ2v) is 7.28. The summed E-state index contributed by atoms with van der Waals surface area (Å²) in [6.45, 7) is 3.32. The molecule has 2 heteroatoms. The lowest BCUT2D eigenvalue weighted by Crippen LogP contribution is -2.27. The molecule has 0 amide bonds. The highest BCUT2D eigenvalue weighted by molar-refractivity contribution is 6.30. The first-order chi connectivity index (χ1) is 11.6. The Kier molecular flexibility index (Phi) is 3.82. The minimum absolute atomic E-state index is 0.102. The Morgan fingerprint density at radius 1 is 0.917 bits per heavy atom. The fraction of sp³-hybridized carbons (Fsp3) is 0.182. The van der Waals surface area contributed by atoms with E-state index in [1.807, 2.05) is 18.2 Å². The molecular weight excluding hydrogens is 314 g/mol. The predicted molar refractivity (Wildman–Crippen MR) is 103 cm³/mol. The van der Waals surface area contributed by atoms with Crippen molar-refractivity contribution in [2.45, 2.75) is 18.8 Å². The highest BCUT2D eigenvalue weighted by atomic mass is 35.5. The number of rotatable bonds is 3. The largest absolute Gasteiger partial charge is 0.384 e. The smallest absolute Gasteiger partial charge is 0.0412 e. The number of halogens is 1. The van der Waals surface area contributed by atoms with Crippen LogP contribution in [0.1, 0.15) is 18.1 Å². The van der Waals surface area contributed by atoms with E-state index in [0.717, 1.165) is 18.0 Å². The molecule has 0 spiro atoms. The molecule has 1 unspecified atom stereocenters. The minimum Gasteiger partial charge on any atom is -0.384 e. The highest BCUT2D eigenvalue weighted by Gasteiger charge is 2.34. The Balaban J connectivity index is 1.73. The first-order valence-electron chi connectivity index (χ1n) is 8.32. The predicted octanol–water partition coefficient (Wildman–Crippen LogP) is 5.93. The van der Waals surface area contributed by atoms with Gasteiger partial charge in [0.2, 0.25) is 0 Å². The van der Waals surface area contributed by atoms with Crippen molar-refractivity contribution in [2.75, 3.05) is 11.9 Å². The Labute approximate surface area is 148 Å². The summed E-state index contributed by atoms with van der Waals surface area (Å²) >= 11 is 6.16. The monoisotopic (exact) mass is 333 g/mol. The number of hydrogen-bond acceptors (Lipinski definition) is 1. The van der Waals surface area contributed by atoms with E-state index in [4.69, 9.17) is 11.6 Å². The standard InChI is InChI=1S/C22H20ClN/c1-22(14-16-6-3-2-4-7-16)15-24-21-11-10-18(13-20(21)22)17-8-5-9-19(23)12-17/h2-13,24H,14-15H2,1H3. The second kappa shape index (κ2) is 5.99. The van der Waals surface area contributed by atoms with Gasteiger partial charge in [-0.25, -0.2) is 0 Å². The molecule has 0 bridgehead atoms. The molecule has 24 heavy (non-hydrogen) atoms. The molecule has 0 fully saturated rings. The molecule has 1 aliphatic rings. The molecule has 1 atom stereocenters. The van der Waals surface area contributed by atoms with Crippen molar-refractivity contribution in [3.63, 3.8) is 0 Å². The van der Waals surface area contributed by atoms with Gasteiger partial charge < -0.3 is 5.32 Å². The third-order valence-electron chi connectivity index (χ3n) is 4.93. The molecule has 3 aromatic rings. The van der Waals surface area contributed by atoms with Crippen molar-refractivity contribution in [3.8, 4) is 11.1 Å². The molecular formula is C22H20ClN. The first-order valence-corrected chi connectivity index (χ1v) is 8.70. The number of anilines is 1. The van der Waals surface area contributed by atoms with Gasteiger partial charge in [-0.15, -0.1) is 0 Å². The molecule has 0 aromatic heterocycles. The van der Waals surface area contributed by atoms with Crippen LogP contribution >= 0.6 is 11.6 Å². The molecule has 0 saturated carbocycles. The van der Waals surface area contributed by atoms with Gasteiger partial charge in [0.1, 0.15) is 0 Å². The van der Waals surface area contributed by atoms with Crippen LogP contribution in [0.15, 0.2) is 72.8 Å². The van der Waals surface area contributed by atoms with Gasteiger partial charge in [-0.2, -0.15) is 0 Å². The number of benzene rings is 3. The van der Waals surface area contributed by atoms with Crippen LogP contribution in [0.4, 0.5) is 5.69 Å². The van der Waals surface area contributed by atoms with Crippen molar-refractivity contribution >= 4 is 17.3 Å². The number of hydrogen-bond donors (Lipinski definition) is 1. The molecule has 0 saturated heterocycles. The zero-order valence-electron chi connectivity index (χ0n) is 13.7. The summed E-state index contributed by atoms with van der Waals surface area (Å²) in [5.41, 5.74) is 6.51. The van der Waals surface area contributed by atoms with Crippen LogP contribution in [-0.2, 0) is 11.8 Å². The zero-order valence-corrected chi connectivity index (χ0v) is 14.5. The summed E-state index contributed by atoms with van der Waals surface area (Å²) in [6, 6.07) is 25.5. The Hall–Kier alpha value is -2.25. The number of nitrogens with one attached hydrogen (secondary N) is 1. The number of fused-ring (bicyclic) bond motifs is 1.